The zero-order valence-corrected chi connectivity index (χ0v) is 18.1. The van der Waals surface area contributed by atoms with Gasteiger partial charge in [-0.2, -0.15) is 0 Å². The molecule has 1 heterocycles. The second-order valence-corrected chi connectivity index (χ2v) is 9.79. The number of aromatic hydroxyl groups is 1. The van der Waals surface area contributed by atoms with E-state index in [1.54, 1.807) is 19.9 Å². The molecule has 0 fully saturated rings. The average molecular weight is 412 g/mol. The Morgan fingerprint density at radius 2 is 1.76 bits per heavy atom. The maximum absolute atomic E-state index is 12.6. The highest BCUT2D eigenvalue weighted by molar-refractivity contribution is 7.21. The summed E-state index contributed by atoms with van der Waals surface area (Å²) < 4.78 is 6.44. The van der Waals surface area contributed by atoms with Gasteiger partial charge in [-0.25, -0.2) is 9.78 Å². The van der Waals surface area contributed by atoms with Gasteiger partial charge in [-0.05, 0) is 44.2 Å². The van der Waals surface area contributed by atoms with Crippen molar-refractivity contribution in [3.8, 4) is 16.3 Å². The molecule has 0 saturated heterocycles. The number of para-hydroxylation sites is 1. The van der Waals surface area contributed by atoms with E-state index in [1.165, 1.54) is 23.5 Å². The number of hydrogen-bond acceptors (Lipinski definition) is 6. The molecule has 0 spiro atoms. The van der Waals surface area contributed by atoms with E-state index in [-0.39, 0.29) is 18.1 Å². The Morgan fingerprint density at radius 1 is 1.07 bits per heavy atom. The molecule has 3 aromatic rings. The fraction of sp³-hybridized carbons (Fsp3) is 0.348. The number of carbonyl (C=O) groups is 2. The van der Waals surface area contributed by atoms with Crippen LogP contribution in [-0.2, 0) is 9.53 Å². The molecule has 0 atom stereocenters. The number of thiazole rings is 1. The maximum Gasteiger partial charge on any atom is 0.338 e. The quantitative estimate of drug-likeness (QED) is 0.564. The van der Waals surface area contributed by atoms with Gasteiger partial charge in [-0.1, -0.05) is 32.9 Å². The minimum atomic E-state index is -0.791. The molecule has 0 aliphatic carbocycles. The summed E-state index contributed by atoms with van der Waals surface area (Å²) in [5, 5.41) is 10.9. The van der Waals surface area contributed by atoms with Gasteiger partial charge in [0.05, 0.1) is 26.8 Å². The van der Waals surface area contributed by atoms with Crippen molar-refractivity contribution in [3.05, 3.63) is 48.0 Å². The van der Waals surface area contributed by atoms with E-state index in [1.807, 2.05) is 45.0 Å². The predicted octanol–water partition coefficient (Wildman–Crippen LogP) is 5.47. The SMILES string of the molecule is CC(C)(C)C(=O)C(C)(C)COC(=O)c1ccc(O)c(-c2nc3ccccc3s2)c1. The van der Waals surface area contributed by atoms with Crippen LogP contribution >= 0.6 is 11.3 Å². The summed E-state index contributed by atoms with van der Waals surface area (Å²) in [5.41, 5.74) is 0.305. The first-order valence-electron chi connectivity index (χ1n) is 9.40. The summed E-state index contributed by atoms with van der Waals surface area (Å²) in [5.74, 6) is -0.468. The molecule has 0 saturated carbocycles. The van der Waals surface area contributed by atoms with Gasteiger partial charge >= 0.3 is 5.97 Å². The van der Waals surface area contributed by atoms with Gasteiger partial charge in [-0.15, -0.1) is 11.3 Å². The Hall–Kier alpha value is -2.73. The Bertz CT molecular complexity index is 1040. The third-order valence-electron chi connectivity index (χ3n) is 4.62. The number of esters is 1. The Labute approximate surface area is 174 Å². The number of benzene rings is 2. The van der Waals surface area contributed by atoms with E-state index in [9.17, 15) is 14.7 Å². The largest absolute Gasteiger partial charge is 0.507 e. The van der Waals surface area contributed by atoms with Crippen LogP contribution in [0.1, 0.15) is 45.0 Å². The van der Waals surface area contributed by atoms with Crippen molar-refractivity contribution >= 4 is 33.3 Å². The number of nitrogens with zero attached hydrogens (tertiary/aromatic N) is 1. The number of ketones is 1. The van der Waals surface area contributed by atoms with Crippen LogP contribution in [0.4, 0.5) is 0 Å². The van der Waals surface area contributed by atoms with Crippen molar-refractivity contribution in [3.63, 3.8) is 0 Å². The Kier molecular flexibility index (Phi) is 5.50. The number of hydrogen-bond donors (Lipinski definition) is 1. The summed E-state index contributed by atoms with van der Waals surface area (Å²) in [6, 6.07) is 12.2. The van der Waals surface area contributed by atoms with Crippen molar-refractivity contribution in [2.45, 2.75) is 34.6 Å². The van der Waals surface area contributed by atoms with Gasteiger partial charge in [-0.3, -0.25) is 4.79 Å². The minimum Gasteiger partial charge on any atom is -0.507 e. The average Bonchev–Trinajstić information content (AvgIpc) is 3.09. The normalized spacial score (nSPS) is 12.2. The lowest BCUT2D eigenvalue weighted by molar-refractivity contribution is -0.137. The number of phenolic OH excluding ortho intramolecular Hbond substituents is 1. The second-order valence-electron chi connectivity index (χ2n) is 8.76. The molecule has 0 radical (unpaired) electrons. The smallest absolute Gasteiger partial charge is 0.338 e. The molecule has 0 amide bonds. The third kappa shape index (κ3) is 4.48. The molecule has 0 aliphatic heterocycles. The molecule has 1 N–H and O–H groups in total. The van der Waals surface area contributed by atoms with E-state index in [0.717, 1.165) is 10.2 Å². The topological polar surface area (TPSA) is 76.5 Å². The maximum atomic E-state index is 12.6. The first kappa shape index (κ1) is 21.0. The molecule has 0 unspecified atom stereocenters. The van der Waals surface area contributed by atoms with E-state index >= 15 is 0 Å². The van der Waals surface area contributed by atoms with Gasteiger partial charge in [0.25, 0.3) is 0 Å². The molecule has 3 rings (SSSR count). The number of carbonyl (C=O) groups excluding carboxylic acids is 2. The zero-order chi connectivity index (χ0) is 21.4. The molecule has 6 heteroatoms. The lowest BCUT2D eigenvalue weighted by Crippen LogP contribution is -2.38. The van der Waals surface area contributed by atoms with E-state index in [4.69, 9.17) is 4.74 Å². The van der Waals surface area contributed by atoms with Crippen LogP contribution in [0.3, 0.4) is 0 Å². The third-order valence-corrected chi connectivity index (χ3v) is 5.69. The molecule has 2 aromatic carbocycles. The fourth-order valence-electron chi connectivity index (χ4n) is 3.23. The van der Waals surface area contributed by atoms with Crippen molar-refractivity contribution in [1.82, 2.24) is 4.98 Å². The van der Waals surface area contributed by atoms with Gasteiger partial charge in [0, 0.05) is 5.41 Å². The van der Waals surface area contributed by atoms with Crippen LogP contribution in [0.5, 0.6) is 5.75 Å². The van der Waals surface area contributed by atoms with Gasteiger partial charge in [0.1, 0.15) is 23.1 Å². The summed E-state index contributed by atoms with van der Waals surface area (Å²) >= 11 is 1.44. The molecule has 1 aromatic heterocycles. The van der Waals surface area contributed by atoms with Crippen molar-refractivity contribution in [2.24, 2.45) is 10.8 Å². The first-order valence-corrected chi connectivity index (χ1v) is 10.2. The van der Waals surface area contributed by atoms with Crippen LogP contribution in [0.25, 0.3) is 20.8 Å². The number of fused-ring (bicyclic) bond motifs is 1. The van der Waals surface area contributed by atoms with Crippen LogP contribution in [0.2, 0.25) is 0 Å². The van der Waals surface area contributed by atoms with Crippen LogP contribution < -0.4 is 0 Å². The molecule has 5 nitrogen and oxygen atoms in total. The van der Waals surface area contributed by atoms with E-state index in [2.05, 4.69) is 4.98 Å². The van der Waals surface area contributed by atoms with Crippen molar-refractivity contribution in [1.29, 1.82) is 0 Å². The van der Waals surface area contributed by atoms with Crippen molar-refractivity contribution in [2.75, 3.05) is 6.61 Å². The monoisotopic (exact) mass is 411 g/mol. The highest BCUT2D eigenvalue weighted by Gasteiger charge is 2.37. The standard InChI is InChI=1S/C23H25NO4S/c1-22(2,3)21(27)23(4,5)13-28-20(26)14-10-11-17(25)15(12-14)19-24-16-8-6-7-9-18(16)29-19/h6-12,25H,13H2,1-5H3. The number of Topliss-reactive ketones (excluding diaryl/α,β-unsaturated/α-hetero) is 1. The summed E-state index contributed by atoms with van der Waals surface area (Å²) in [7, 11) is 0. The molecule has 29 heavy (non-hydrogen) atoms. The Balaban J connectivity index is 1.82. The van der Waals surface area contributed by atoms with Crippen molar-refractivity contribution < 1.29 is 19.4 Å². The zero-order valence-electron chi connectivity index (χ0n) is 17.3. The molecule has 0 aliphatic rings. The predicted molar refractivity (Wildman–Crippen MR) is 115 cm³/mol. The van der Waals surface area contributed by atoms with E-state index in [0.29, 0.717) is 16.1 Å². The fourth-order valence-corrected chi connectivity index (χ4v) is 4.22. The van der Waals surface area contributed by atoms with Gasteiger partial charge in [0.2, 0.25) is 0 Å². The van der Waals surface area contributed by atoms with Crippen LogP contribution in [-0.4, -0.2) is 28.4 Å². The molecule has 0 bridgehead atoms. The summed E-state index contributed by atoms with van der Waals surface area (Å²) in [6.45, 7) is 9.09. The molecular weight excluding hydrogens is 386 g/mol. The number of rotatable bonds is 5. The lowest BCUT2D eigenvalue weighted by atomic mass is 9.75. The molecule has 152 valence electrons. The molecular formula is C23H25NO4S. The highest BCUT2D eigenvalue weighted by Crippen LogP contribution is 2.36. The second kappa shape index (κ2) is 7.59. The van der Waals surface area contributed by atoms with Crippen LogP contribution in [0.15, 0.2) is 42.5 Å². The summed E-state index contributed by atoms with van der Waals surface area (Å²) in [4.78, 5) is 29.7. The van der Waals surface area contributed by atoms with Gasteiger partial charge < -0.3 is 9.84 Å². The van der Waals surface area contributed by atoms with Crippen LogP contribution in [0, 0.1) is 10.8 Å². The summed E-state index contributed by atoms with van der Waals surface area (Å²) in [6.07, 6.45) is 0. The number of ether oxygens (including phenoxy) is 1. The minimum absolute atomic E-state index is 0.0146. The highest BCUT2D eigenvalue weighted by atomic mass is 32.1. The number of aromatic nitrogens is 1. The lowest BCUT2D eigenvalue weighted by Gasteiger charge is -2.30. The van der Waals surface area contributed by atoms with E-state index < -0.39 is 16.8 Å². The number of phenols is 1. The Morgan fingerprint density at radius 3 is 2.41 bits per heavy atom. The first-order chi connectivity index (χ1) is 13.5. The van der Waals surface area contributed by atoms with Gasteiger partial charge in [0.15, 0.2) is 0 Å².